The first kappa shape index (κ1) is 17.9. The molecule has 3 rings (SSSR count). The van der Waals surface area contributed by atoms with Crippen LogP contribution in [-0.2, 0) is 20.8 Å². The molecule has 0 spiro atoms. The summed E-state index contributed by atoms with van der Waals surface area (Å²) in [6, 6.07) is 9.72. The van der Waals surface area contributed by atoms with Gasteiger partial charge in [0.25, 0.3) is 5.91 Å². The quantitative estimate of drug-likeness (QED) is 0.586. The maximum atomic E-state index is 13.9. The Morgan fingerprint density at radius 1 is 1.23 bits per heavy atom. The molecule has 1 heterocycles. The summed E-state index contributed by atoms with van der Waals surface area (Å²) in [5.74, 6) is -1.31. The van der Waals surface area contributed by atoms with Crippen molar-refractivity contribution in [2.75, 3.05) is 21.0 Å². The third-order valence-electron chi connectivity index (χ3n) is 4.18. The Balaban J connectivity index is 2.05. The number of esters is 1. The fourth-order valence-corrected chi connectivity index (χ4v) is 3.01. The van der Waals surface area contributed by atoms with Crippen LogP contribution in [0.25, 0.3) is 0 Å². The highest BCUT2D eigenvalue weighted by Gasteiger charge is 2.39. The van der Waals surface area contributed by atoms with Gasteiger partial charge in [0.1, 0.15) is 11.6 Å². The smallest absolute Gasteiger partial charge is 0.333 e. The van der Waals surface area contributed by atoms with E-state index in [4.69, 9.17) is 14.2 Å². The number of rotatable bonds is 6. The molecule has 0 bridgehead atoms. The van der Waals surface area contributed by atoms with Crippen molar-refractivity contribution in [2.45, 2.75) is 12.6 Å². The van der Waals surface area contributed by atoms with E-state index < -0.39 is 17.8 Å². The molecule has 1 aliphatic heterocycles. The maximum absolute atomic E-state index is 13.9. The molecule has 7 heteroatoms. The molecule has 0 N–H and O–H groups in total. The lowest BCUT2D eigenvalue weighted by atomic mass is 10.0. The molecular formula is C19H18FNO5. The van der Waals surface area contributed by atoms with Gasteiger partial charge >= 0.3 is 5.97 Å². The minimum atomic E-state index is -1.14. The Bertz CT molecular complexity index is 838. The van der Waals surface area contributed by atoms with E-state index in [0.717, 1.165) is 5.56 Å². The lowest BCUT2D eigenvalue weighted by Crippen LogP contribution is -2.35. The topological polar surface area (TPSA) is 65.1 Å². The Kier molecular flexibility index (Phi) is 5.18. The largest absolute Gasteiger partial charge is 0.467 e. The number of fused-ring (bicyclic) bond motifs is 1. The standard InChI is InChI=1S/C19H18FNO5/c1-24-11-26-16-8-7-13(20)9-15(16)17(19(23)25-2)21-10-12-5-3-4-6-14(12)18(21)22/h3-9,17H,10-11H2,1-2H3. The first-order chi connectivity index (χ1) is 12.6. The first-order valence-electron chi connectivity index (χ1n) is 7.94. The van der Waals surface area contributed by atoms with E-state index in [1.165, 1.54) is 37.3 Å². The Hall–Kier alpha value is -2.93. The van der Waals surface area contributed by atoms with Gasteiger partial charge in [-0.15, -0.1) is 0 Å². The zero-order valence-corrected chi connectivity index (χ0v) is 14.4. The van der Waals surface area contributed by atoms with E-state index in [1.54, 1.807) is 12.1 Å². The van der Waals surface area contributed by atoms with Gasteiger partial charge in [0.15, 0.2) is 12.8 Å². The van der Waals surface area contributed by atoms with Crippen molar-refractivity contribution >= 4 is 11.9 Å². The number of hydrogen-bond acceptors (Lipinski definition) is 5. The van der Waals surface area contributed by atoms with E-state index in [1.807, 2.05) is 12.1 Å². The van der Waals surface area contributed by atoms with Crippen LogP contribution in [0.4, 0.5) is 4.39 Å². The average molecular weight is 359 g/mol. The number of amides is 1. The van der Waals surface area contributed by atoms with E-state index in [0.29, 0.717) is 5.56 Å². The third-order valence-corrected chi connectivity index (χ3v) is 4.18. The zero-order chi connectivity index (χ0) is 18.7. The van der Waals surface area contributed by atoms with Crippen molar-refractivity contribution in [1.29, 1.82) is 0 Å². The monoisotopic (exact) mass is 359 g/mol. The molecule has 1 aliphatic rings. The van der Waals surface area contributed by atoms with Crippen LogP contribution in [0.3, 0.4) is 0 Å². The maximum Gasteiger partial charge on any atom is 0.333 e. The van der Waals surface area contributed by atoms with Crippen molar-refractivity contribution < 1.29 is 28.2 Å². The average Bonchev–Trinajstić information content (AvgIpc) is 2.98. The summed E-state index contributed by atoms with van der Waals surface area (Å²) in [6.45, 7) is 0.135. The van der Waals surface area contributed by atoms with Crippen LogP contribution in [0, 0.1) is 5.82 Å². The molecule has 0 saturated heterocycles. The highest BCUT2D eigenvalue weighted by atomic mass is 19.1. The van der Waals surface area contributed by atoms with Gasteiger partial charge < -0.3 is 19.1 Å². The van der Waals surface area contributed by atoms with Crippen LogP contribution >= 0.6 is 0 Å². The SMILES string of the molecule is COCOc1ccc(F)cc1C(C(=O)OC)N1Cc2ccccc2C1=O. The lowest BCUT2D eigenvalue weighted by Gasteiger charge is -2.27. The van der Waals surface area contributed by atoms with Gasteiger partial charge in [-0.25, -0.2) is 9.18 Å². The fraction of sp³-hybridized carbons (Fsp3) is 0.263. The highest BCUT2D eigenvalue weighted by molar-refractivity contribution is 6.00. The van der Waals surface area contributed by atoms with Gasteiger partial charge in [0, 0.05) is 24.8 Å². The van der Waals surface area contributed by atoms with Crippen molar-refractivity contribution in [1.82, 2.24) is 4.90 Å². The van der Waals surface area contributed by atoms with Crippen LogP contribution in [0.1, 0.15) is 27.5 Å². The molecule has 0 fully saturated rings. The number of carbonyl (C=O) groups is 2. The van der Waals surface area contributed by atoms with Crippen LogP contribution in [0.2, 0.25) is 0 Å². The summed E-state index contributed by atoms with van der Waals surface area (Å²) in [5, 5.41) is 0. The third kappa shape index (κ3) is 3.25. The number of halogens is 1. The van der Waals surface area contributed by atoms with Gasteiger partial charge in [0.05, 0.1) is 7.11 Å². The normalized spacial score (nSPS) is 14.1. The first-order valence-corrected chi connectivity index (χ1v) is 7.94. The summed E-state index contributed by atoms with van der Waals surface area (Å²) in [4.78, 5) is 26.7. The summed E-state index contributed by atoms with van der Waals surface area (Å²) < 4.78 is 29.1. The molecule has 1 unspecified atom stereocenters. The summed E-state index contributed by atoms with van der Waals surface area (Å²) in [6.07, 6.45) is 0. The predicted octanol–water partition coefficient (Wildman–Crippen LogP) is 2.68. The zero-order valence-electron chi connectivity index (χ0n) is 14.4. The number of methoxy groups -OCH3 is 2. The van der Waals surface area contributed by atoms with E-state index in [9.17, 15) is 14.0 Å². The Morgan fingerprint density at radius 3 is 2.69 bits per heavy atom. The molecule has 1 amide bonds. The number of ether oxygens (including phenoxy) is 3. The van der Waals surface area contributed by atoms with Gasteiger partial charge in [0.2, 0.25) is 0 Å². The second-order valence-electron chi connectivity index (χ2n) is 5.75. The van der Waals surface area contributed by atoms with Crippen molar-refractivity contribution in [2.24, 2.45) is 0 Å². The highest BCUT2D eigenvalue weighted by Crippen LogP contribution is 2.36. The Labute approximate surface area is 150 Å². The molecule has 136 valence electrons. The molecule has 1 atom stereocenters. The van der Waals surface area contributed by atoms with Gasteiger partial charge in [-0.1, -0.05) is 18.2 Å². The summed E-state index contributed by atoms with van der Waals surface area (Å²) in [5.41, 5.74) is 1.51. The second kappa shape index (κ2) is 7.53. The van der Waals surface area contributed by atoms with E-state index in [-0.39, 0.29) is 30.6 Å². The summed E-state index contributed by atoms with van der Waals surface area (Å²) >= 11 is 0. The van der Waals surface area contributed by atoms with Gasteiger partial charge in [-0.2, -0.15) is 0 Å². The summed E-state index contributed by atoms with van der Waals surface area (Å²) in [7, 11) is 2.67. The molecule has 2 aromatic rings. The van der Waals surface area contributed by atoms with E-state index in [2.05, 4.69) is 0 Å². The Morgan fingerprint density at radius 2 is 2.00 bits per heavy atom. The second-order valence-corrected chi connectivity index (χ2v) is 5.75. The number of nitrogens with zero attached hydrogens (tertiary/aromatic N) is 1. The fourth-order valence-electron chi connectivity index (χ4n) is 3.01. The van der Waals surface area contributed by atoms with Crippen molar-refractivity contribution in [3.8, 4) is 5.75 Å². The molecule has 0 radical (unpaired) electrons. The van der Waals surface area contributed by atoms with Gasteiger partial charge in [-0.3, -0.25) is 4.79 Å². The molecule has 26 heavy (non-hydrogen) atoms. The lowest BCUT2D eigenvalue weighted by molar-refractivity contribution is -0.146. The predicted molar refractivity (Wildman–Crippen MR) is 90.0 cm³/mol. The van der Waals surface area contributed by atoms with Crippen LogP contribution in [0.15, 0.2) is 42.5 Å². The number of benzene rings is 2. The van der Waals surface area contributed by atoms with Crippen LogP contribution in [-0.4, -0.2) is 37.8 Å². The molecular weight excluding hydrogens is 341 g/mol. The van der Waals surface area contributed by atoms with Crippen LogP contribution in [0.5, 0.6) is 5.75 Å². The minimum absolute atomic E-state index is 0.0826. The molecule has 2 aromatic carbocycles. The molecule has 0 saturated carbocycles. The molecule has 0 aliphatic carbocycles. The molecule has 6 nitrogen and oxygen atoms in total. The minimum Gasteiger partial charge on any atom is -0.467 e. The molecule has 0 aromatic heterocycles. The van der Waals surface area contributed by atoms with E-state index >= 15 is 0 Å². The van der Waals surface area contributed by atoms with Crippen LogP contribution < -0.4 is 4.74 Å². The van der Waals surface area contributed by atoms with Gasteiger partial charge in [-0.05, 0) is 29.8 Å². The number of hydrogen-bond donors (Lipinski definition) is 0. The number of carbonyl (C=O) groups excluding carboxylic acids is 2. The van der Waals surface area contributed by atoms with Crippen molar-refractivity contribution in [3.63, 3.8) is 0 Å². The van der Waals surface area contributed by atoms with Crippen molar-refractivity contribution in [3.05, 3.63) is 65.0 Å².